The summed E-state index contributed by atoms with van der Waals surface area (Å²) in [6, 6.07) is 0. The second kappa shape index (κ2) is 4.70. The number of hydrogen-bond donors (Lipinski definition) is 1. The summed E-state index contributed by atoms with van der Waals surface area (Å²) in [6.45, 7) is 5.36. The lowest BCUT2D eigenvalue weighted by atomic mass is 10.4. The van der Waals surface area contributed by atoms with Crippen LogP contribution >= 0.6 is 0 Å². The van der Waals surface area contributed by atoms with E-state index in [4.69, 9.17) is 5.73 Å². The van der Waals surface area contributed by atoms with Crippen molar-refractivity contribution in [3.05, 3.63) is 0 Å². The Morgan fingerprint density at radius 3 is 2.33 bits per heavy atom. The van der Waals surface area contributed by atoms with Crippen LogP contribution in [0.4, 0.5) is 4.39 Å². The number of alkyl halides is 1. The van der Waals surface area contributed by atoms with Gasteiger partial charge in [-0.1, -0.05) is 6.92 Å². The predicted molar refractivity (Wildman–Crippen MR) is 36.9 cm³/mol. The summed E-state index contributed by atoms with van der Waals surface area (Å²) in [4.78, 5) is 1.68. The lowest BCUT2D eigenvalue weighted by Crippen LogP contribution is -2.34. The molecule has 0 fully saturated rings. The molecule has 0 aromatic heterocycles. The Kier molecular flexibility index (Phi) is 4.62. The second-order valence-corrected chi connectivity index (χ2v) is 1.99. The van der Waals surface area contributed by atoms with Crippen LogP contribution in [0.1, 0.15) is 13.8 Å². The molecule has 0 radical (unpaired) electrons. The van der Waals surface area contributed by atoms with Gasteiger partial charge < -0.3 is 5.73 Å². The van der Waals surface area contributed by atoms with Gasteiger partial charge in [0.15, 0.2) is 6.30 Å². The van der Waals surface area contributed by atoms with Gasteiger partial charge in [0.25, 0.3) is 0 Å². The molecule has 0 heterocycles. The first-order valence-electron chi connectivity index (χ1n) is 3.30. The number of hydrogen-bond acceptors (Lipinski definition) is 2. The number of nitrogens with zero attached hydrogens (tertiary/aromatic N) is 1. The Morgan fingerprint density at radius 1 is 1.67 bits per heavy atom. The van der Waals surface area contributed by atoms with Crippen molar-refractivity contribution >= 4 is 0 Å². The van der Waals surface area contributed by atoms with Gasteiger partial charge in [-0.25, -0.2) is 4.39 Å². The van der Waals surface area contributed by atoms with Crippen molar-refractivity contribution in [1.82, 2.24) is 4.90 Å². The molecule has 0 aliphatic rings. The summed E-state index contributed by atoms with van der Waals surface area (Å²) < 4.78 is 12.4. The van der Waals surface area contributed by atoms with E-state index in [0.29, 0.717) is 13.1 Å². The third-order valence-electron chi connectivity index (χ3n) is 1.33. The number of rotatable bonds is 4. The highest BCUT2D eigenvalue weighted by molar-refractivity contribution is 4.54. The zero-order valence-corrected chi connectivity index (χ0v) is 6.10. The first-order chi connectivity index (χ1) is 4.22. The third kappa shape index (κ3) is 3.43. The molecule has 0 aliphatic carbocycles. The van der Waals surface area contributed by atoms with Gasteiger partial charge in [0.05, 0.1) is 0 Å². The van der Waals surface area contributed by atoms with E-state index >= 15 is 0 Å². The van der Waals surface area contributed by atoms with E-state index < -0.39 is 6.30 Å². The first-order valence-corrected chi connectivity index (χ1v) is 3.30. The highest BCUT2D eigenvalue weighted by Gasteiger charge is 2.06. The molecule has 9 heavy (non-hydrogen) atoms. The van der Waals surface area contributed by atoms with Gasteiger partial charge in [-0.05, 0) is 13.5 Å². The van der Waals surface area contributed by atoms with Crippen molar-refractivity contribution in [2.24, 2.45) is 5.73 Å². The van der Waals surface area contributed by atoms with Crippen LogP contribution in [0.2, 0.25) is 0 Å². The summed E-state index contributed by atoms with van der Waals surface area (Å²) in [5.41, 5.74) is 5.23. The summed E-state index contributed by atoms with van der Waals surface area (Å²) in [6.07, 6.45) is -0.862. The smallest absolute Gasteiger partial charge is 0.150 e. The molecule has 0 saturated carbocycles. The molecule has 2 nitrogen and oxygen atoms in total. The minimum absolute atomic E-state index is 0.530. The van der Waals surface area contributed by atoms with E-state index in [2.05, 4.69) is 0 Å². The molecule has 0 saturated heterocycles. The molecule has 0 bridgehead atoms. The highest BCUT2D eigenvalue weighted by Crippen LogP contribution is 1.96. The van der Waals surface area contributed by atoms with Crippen molar-refractivity contribution < 1.29 is 4.39 Å². The Balaban J connectivity index is 3.41. The fourth-order valence-electron chi connectivity index (χ4n) is 0.753. The monoisotopic (exact) mass is 134 g/mol. The summed E-state index contributed by atoms with van der Waals surface area (Å²) in [7, 11) is 0. The zero-order valence-electron chi connectivity index (χ0n) is 6.10. The van der Waals surface area contributed by atoms with Crippen LogP contribution in [0, 0.1) is 0 Å². The molecule has 0 aromatic rings. The second-order valence-electron chi connectivity index (χ2n) is 1.99. The Bertz CT molecular complexity index is 66.1. The molecular formula is C6H15FN2. The normalized spacial score (nSPS) is 14.3. The van der Waals surface area contributed by atoms with Crippen LogP contribution in [0.25, 0.3) is 0 Å². The summed E-state index contributed by atoms with van der Waals surface area (Å²) in [5.74, 6) is 0. The van der Waals surface area contributed by atoms with Gasteiger partial charge >= 0.3 is 0 Å². The maximum absolute atomic E-state index is 12.4. The molecular weight excluding hydrogens is 119 g/mol. The van der Waals surface area contributed by atoms with Gasteiger partial charge in [0.1, 0.15) is 0 Å². The number of likely N-dealkylation sites (N-methyl/N-ethyl adjacent to an activating group) is 1. The van der Waals surface area contributed by atoms with Gasteiger partial charge in [0.2, 0.25) is 0 Å². The minimum Gasteiger partial charge on any atom is -0.329 e. The van der Waals surface area contributed by atoms with Crippen LogP contribution < -0.4 is 5.73 Å². The molecule has 0 rings (SSSR count). The van der Waals surface area contributed by atoms with E-state index in [9.17, 15) is 4.39 Å². The number of nitrogens with two attached hydrogens (primary N) is 1. The highest BCUT2D eigenvalue weighted by atomic mass is 19.1. The summed E-state index contributed by atoms with van der Waals surface area (Å²) in [5, 5.41) is 0. The van der Waals surface area contributed by atoms with Crippen LogP contribution in [0.5, 0.6) is 0 Å². The van der Waals surface area contributed by atoms with E-state index in [1.807, 2.05) is 6.92 Å². The molecule has 0 amide bonds. The quantitative estimate of drug-likeness (QED) is 0.570. The average molecular weight is 134 g/mol. The molecule has 1 atom stereocenters. The Hall–Kier alpha value is -0.150. The SMILES string of the molecule is CCN(CCN)C(C)F. The fraction of sp³-hybridized carbons (Fsp3) is 1.00. The Morgan fingerprint density at radius 2 is 2.22 bits per heavy atom. The standard InChI is InChI=1S/C6H15FN2/c1-3-9(5-4-8)6(2)7/h6H,3-5,8H2,1-2H3. The largest absolute Gasteiger partial charge is 0.329 e. The van der Waals surface area contributed by atoms with Crippen LogP contribution in [0.3, 0.4) is 0 Å². The van der Waals surface area contributed by atoms with E-state index in [0.717, 1.165) is 6.54 Å². The van der Waals surface area contributed by atoms with Crippen molar-refractivity contribution in [2.45, 2.75) is 20.1 Å². The van der Waals surface area contributed by atoms with Crippen LogP contribution in [0.15, 0.2) is 0 Å². The Labute approximate surface area is 55.8 Å². The fourth-order valence-corrected chi connectivity index (χ4v) is 0.753. The third-order valence-corrected chi connectivity index (χ3v) is 1.33. The van der Waals surface area contributed by atoms with Crippen molar-refractivity contribution in [2.75, 3.05) is 19.6 Å². The maximum atomic E-state index is 12.4. The molecule has 2 N–H and O–H groups in total. The van der Waals surface area contributed by atoms with E-state index in [1.165, 1.54) is 6.92 Å². The molecule has 0 aliphatic heterocycles. The summed E-state index contributed by atoms with van der Waals surface area (Å²) >= 11 is 0. The minimum atomic E-state index is -0.862. The lowest BCUT2D eigenvalue weighted by Gasteiger charge is -2.20. The lowest BCUT2D eigenvalue weighted by molar-refractivity contribution is 0.108. The topological polar surface area (TPSA) is 29.3 Å². The molecule has 0 aromatic carbocycles. The first kappa shape index (κ1) is 8.85. The van der Waals surface area contributed by atoms with Crippen molar-refractivity contribution in [3.63, 3.8) is 0 Å². The molecule has 1 unspecified atom stereocenters. The van der Waals surface area contributed by atoms with Crippen LogP contribution in [-0.4, -0.2) is 30.8 Å². The maximum Gasteiger partial charge on any atom is 0.150 e. The van der Waals surface area contributed by atoms with E-state index in [-0.39, 0.29) is 0 Å². The molecule has 56 valence electrons. The van der Waals surface area contributed by atoms with Crippen molar-refractivity contribution in [3.8, 4) is 0 Å². The van der Waals surface area contributed by atoms with Gasteiger partial charge in [-0.3, -0.25) is 4.90 Å². The zero-order chi connectivity index (χ0) is 7.28. The van der Waals surface area contributed by atoms with Crippen LogP contribution in [-0.2, 0) is 0 Å². The number of halogens is 1. The van der Waals surface area contributed by atoms with Crippen molar-refractivity contribution in [1.29, 1.82) is 0 Å². The average Bonchev–Trinajstić information content (AvgIpc) is 1.82. The molecule has 3 heteroatoms. The van der Waals surface area contributed by atoms with Gasteiger partial charge in [-0.15, -0.1) is 0 Å². The van der Waals surface area contributed by atoms with E-state index in [1.54, 1.807) is 4.90 Å². The molecule has 0 spiro atoms. The van der Waals surface area contributed by atoms with Gasteiger partial charge in [0, 0.05) is 13.1 Å². The predicted octanol–water partition coefficient (Wildman–Crippen LogP) is 0.582. The van der Waals surface area contributed by atoms with Gasteiger partial charge in [-0.2, -0.15) is 0 Å².